The Morgan fingerprint density at radius 3 is 1.75 bits per heavy atom. The fourth-order valence-corrected chi connectivity index (χ4v) is 1.77. The Balaban J connectivity index is 2.50. The van der Waals surface area contributed by atoms with Gasteiger partial charge in [0.1, 0.15) is 0 Å². The van der Waals surface area contributed by atoms with Gasteiger partial charge in [-0.1, -0.05) is 39.5 Å². The Bertz CT molecular complexity index is 394. The third kappa shape index (κ3) is 5.35. The number of halogens is 2. The lowest BCUT2D eigenvalue weighted by Crippen LogP contribution is -2.04. The molecule has 0 unspecified atom stereocenters. The van der Waals surface area contributed by atoms with E-state index in [1.165, 1.54) is 12.1 Å². The molecule has 1 rings (SSSR count). The molecule has 0 fully saturated rings. The van der Waals surface area contributed by atoms with Crippen molar-refractivity contribution >= 4 is 0 Å². The minimum atomic E-state index is -0.966. The van der Waals surface area contributed by atoms with Crippen molar-refractivity contribution in [2.75, 3.05) is 13.2 Å². The summed E-state index contributed by atoms with van der Waals surface area (Å²) in [6.07, 6.45) is 5.92. The van der Waals surface area contributed by atoms with Crippen LogP contribution in [0.2, 0.25) is 0 Å². The molecule has 0 spiro atoms. The van der Waals surface area contributed by atoms with E-state index < -0.39 is 11.6 Å². The van der Waals surface area contributed by atoms with Crippen LogP contribution in [0.1, 0.15) is 52.4 Å². The fourth-order valence-electron chi connectivity index (χ4n) is 1.77. The molecule has 0 atom stereocenters. The molecule has 0 saturated carbocycles. The monoisotopic (exact) mass is 286 g/mol. The van der Waals surface area contributed by atoms with Crippen LogP contribution in [-0.2, 0) is 0 Å². The third-order valence-corrected chi connectivity index (χ3v) is 3.02. The van der Waals surface area contributed by atoms with Gasteiger partial charge in [-0.2, -0.15) is 8.78 Å². The van der Waals surface area contributed by atoms with E-state index in [9.17, 15) is 8.78 Å². The zero-order valence-corrected chi connectivity index (χ0v) is 12.4. The van der Waals surface area contributed by atoms with E-state index >= 15 is 0 Å². The van der Waals surface area contributed by atoms with Crippen molar-refractivity contribution in [3.8, 4) is 11.5 Å². The van der Waals surface area contributed by atoms with Crippen molar-refractivity contribution in [3.05, 3.63) is 23.8 Å². The highest BCUT2D eigenvalue weighted by atomic mass is 19.2. The molecule has 0 heterocycles. The standard InChI is InChI=1S/C16H24F2O2/c1-3-5-7-8-12-20-14-10-9-13(15(17)16(14)18)19-11-6-4-2/h9-10H,3-8,11-12H2,1-2H3. The van der Waals surface area contributed by atoms with Gasteiger partial charge in [0.05, 0.1) is 13.2 Å². The lowest BCUT2D eigenvalue weighted by molar-refractivity contribution is 0.268. The molecule has 0 radical (unpaired) electrons. The summed E-state index contributed by atoms with van der Waals surface area (Å²) in [6.45, 7) is 4.93. The van der Waals surface area contributed by atoms with Crippen molar-refractivity contribution in [3.63, 3.8) is 0 Å². The van der Waals surface area contributed by atoms with Crippen LogP contribution in [-0.4, -0.2) is 13.2 Å². The minimum absolute atomic E-state index is 0.0400. The van der Waals surface area contributed by atoms with E-state index in [0.29, 0.717) is 13.2 Å². The summed E-state index contributed by atoms with van der Waals surface area (Å²) in [6, 6.07) is 2.86. The van der Waals surface area contributed by atoms with Crippen molar-refractivity contribution < 1.29 is 18.3 Å². The molecule has 20 heavy (non-hydrogen) atoms. The SMILES string of the molecule is CCCCCCOc1ccc(OCCCC)c(F)c1F. The van der Waals surface area contributed by atoms with Crippen LogP contribution in [0.25, 0.3) is 0 Å². The van der Waals surface area contributed by atoms with Crippen LogP contribution in [0.3, 0.4) is 0 Å². The summed E-state index contributed by atoms with van der Waals surface area (Å²) >= 11 is 0. The largest absolute Gasteiger partial charge is 0.490 e. The van der Waals surface area contributed by atoms with Crippen molar-refractivity contribution in [1.29, 1.82) is 0 Å². The van der Waals surface area contributed by atoms with Crippen LogP contribution in [0.4, 0.5) is 8.78 Å². The molecular formula is C16H24F2O2. The van der Waals surface area contributed by atoms with Gasteiger partial charge in [-0.3, -0.25) is 0 Å². The summed E-state index contributed by atoms with van der Waals surface area (Å²) in [4.78, 5) is 0. The Morgan fingerprint density at radius 2 is 1.25 bits per heavy atom. The second-order valence-corrected chi connectivity index (χ2v) is 4.80. The first-order valence-corrected chi connectivity index (χ1v) is 7.44. The second-order valence-electron chi connectivity index (χ2n) is 4.80. The smallest absolute Gasteiger partial charge is 0.204 e. The van der Waals surface area contributed by atoms with Gasteiger partial charge in [-0.05, 0) is 25.0 Å². The molecule has 114 valence electrons. The topological polar surface area (TPSA) is 18.5 Å². The van der Waals surface area contributed by atoms with Gasteiger partial charge in [0, 0.05) is 0 Å². The summed E-state index contributed by atoms with van der Waals surface area (Å²) in [5.74, 6) is -2.02. The van der Waals surface area contributed by atoms with Gasteiger partial charge in [0.15, 0.2) is 11.5 Å². The number of benzene rings is 1. The molecule has 1 aromatic rings. The Morgan fingerprint density at radius 1 is 0.750 bits per heavy atom. The highest BCUT2D eigenvalue weighted by molar-refractivity contribution is 5.35. The Hall–Kier alpha value is -1.32. The first-order valence-electron chi connectivity index (χ1n) is 7.44. The van der Waals surface area contributed by atoms with E-state index in [1.54, 1.807) is 0 Å². The van der Waals surface area contributed by atoms with E-state index in [1.807, 2.05) is 6.92 Å². The van der Waals surface area contributed by atoms with Crippen LogP contribution < -0.4 is 9.47 Å². The summed E-state index contributed by atoms with van der Waals surface area (Å²) in [5.41, 5.74) is 0. The molecule has 4 heteroatoms. The maximum atomic E-state index is 13.8. The number of hydrogen-bond donors (Lipinski definition) is 0. The summed E-state index contributed by atoms with van der Waals surface area (Å²) in [5, 5.41) is 0. The third-order valence-electron chi connectivity index (χ3n) is 3.02. The highest BCUT2D eigenvalue weighted by Crippen LogP contribution is 2.27. The Kier molecular flexibility index (Phi) is 8.00. The molecule has 0 bridgehead atoms. The maximum absolute atomic E-state index is 13.8. The van der Waals surface area contributed by atoms with Crippen LogP contribution >= 0.6 is 0 Å². The number of rotatable bonds is 10. The van der Waals surface area contributed by atoms with Gasteiger partial charge < -0.3 is 9.47 Å². The summed E-state index contributed by atoms with van der Waals surface area (Å²) < 4.78 is 38.0. The van der Waals surface area contributed by atoms with E-state index in [-0.39, 0.29) is 11.5 Å². The van der Waals surface area contributed by atoms with Crippen molar-refractivity contribution in [2.45, 2.75) is 52.4 Å². The van der Waals surface area contributed by atoms with Crippen LogP contribution in [0.5, 0.6) is 11.5 Å². The molecule has 0 N–H and O–H groups in total. The number of hydrogen-bond acceptors (Lipinski definition) is 2. The average Bonchev–Trinajstić information content (AvgIpc) is 2.45. The van der Waals surface area contributed by atoms with Crippen LogP contribution in [0, 0.1) is 11.6 Å². The quantitative estimate of drug-likeness (QED) is 0.557. The molecular weight excluding hydrogens is 262 g/mol. The zero-order chi connectivity index (χ0) is 14.8. The molecule has 0 aliphatic rings. The predicted molar refractivity (Wildman–Crippen MR) is 76.4 cm³/mol. The zero-order valence-electron chi connectivity index (χ0n) is 12.4. The first kappa shape index (κ1) is 16.7. The second kappa shape index (κ2) is 9.56. The molecule has 0 aromatic heterocycles. The normalized spacial score (nSPS) is 10.6. The fraction of sp³-hybridized carbons (Fsp3) is 0.625. The van der Waals surface area contributed by atoms with Crippen molar-refractivity contribution in [2.24, 2.45) is 0 Å². The average molecular weight is 286 g/mol. The predicted octanol–water partition coefficient (Wildman–Crippen LogP) is 5.10. The molecule has 0 aliphatic carbocycles. The molecule has 2 nitrogen and oxygen atoms in total. The van der Waals surface area contributed by atoms with E-state index in [2.05, 4.69) is 6.92 Å². The van der Waals surface area contributed by atoms with Crippen LogP contribution in [0.15, 0.2) is 12.1 Å². The number of unbranched alkanes of at least 4 members (excludes halogenated alkanes) is 4. The lowest BCUT2D eigenvalue weighted by atomic mass is 10.2. The van der Waals surface area contributed by atoms with E-state index in [0.717, 1.165) is 38.5 Å². The van der Waals surface area contributed by atoms with Crippen molar-refractivity contribution in [1.82, 2.24) is 0 Å². The Labute approximate surface area is 120 Å². The van der Waals surface area contributed by atoms with Gasteiger partial charge in [-0.15, -0.1) is 0 Å². The maximum Gasteiger partial charge on any atom is 0.204 e. The molecule has 0 aliphatic heterocycles. The minimum Gasteiger partial charge on any atom is -0.490 e. The van der Waals surface area contributed by atoms with Gasteiger partial charge in [0.2, 0.25) is 11.6 Å². The first-order chi connectivity index (χ1) is 9.70. The van der Waals surface area contributed by atoms with Gasteiger partial charge in [-0.25, -0.2) is 0 Å². The number of ether oxygens (including phenoxy) is 2. The molecule has 1 aromatic carbocycles. The lowest BCUT2D eigenvalue weighted by Gasteiger charge is -2.11. The summed E-state index contributed by atoms with van der Waals surface area (Å²) in [7, 11) is 0. The molecule has 0 amide bonds. The van der Waals surface area contributed by atoms with E-state index in [4.69, 9.17) is 9.47 Å². The highest BCUT2D eigenvalue weighted by Gasteiger charge is 2.15. The van der Waals surface area contributed by atoms with Gasteiger partial charge >= 0.3 is 0 Å². The molecule has 0 saturated heterocycles. The van der Waals surface area contributed by atoms with Gasteiger partial charge in [0.25, 0.3) is 0 Å².